The van der Waals surface area contributed by atoms with Crippen LogP contribution >= 0.6 is 11.8 Å². The topological polar surface area (TPSA) is 73.6 Å². The molecule has 0 aliphatic rings. The van der Waals surface area contributed by atoms with E-state index in [4.69, 9.17) is 0 Å². The number of carbonyl (C=O) groups is 1. The van der Waals surface area contributed by atoms with E-state index >= 15 is 0 Å². The van der Waals surface area contributed by atoms with Crippen molar-refractivity contribution in [2.75, 3.05) is 0 Å². The third kappa shape index (κ3) is 4.35. The molecule has 26 heavy (non-hydrogen) atoms. The molecule has 0 N–H and O–H groups in total. The highest BCUT2D eigenvalue weighted by Gasteiger charge is 2.14. The smallest absolute Gasteiger partial charge is 0.191 e. The van der Waals surface area contributed by atoms with Crippen molar-refractivity contribution in [3.8, 4) is 0 Å². The molecule has 3 rings (SSSR count). The summed E-state index contributed by atoms with van der Waals surface area (Å²) in [7, 11) is 1.92. The molecule has 0 bridgehead atoms. The van der Waals surface area contributed by atoms with Crippen LogP contribution in [0.5, 0.6) is 0 Å². The molecule has 3 heterocycles. The number of rotatable bonds is 7. The molecule has 0 unspecified atom stereocenters. The lowest BCUT2D eigenvalue weighted by molar-refractivity contribution is 0.0987. The fourth-order valence-electron chi connectivity index (χ4n) is 2.54. The van der Waals surface area contributed by atoms with Gasteiger partial charge in [-0.05, 0) is 43.2 Å². The van der Waals surface area contributed by atoms with Crippen LogP contribution in [0.3, 0.4) is 0 Å². The fraction of sp³-hybridized carbons (Fsp3) is 0.316. The van der Waals surface area contributed by atoms with E-state index in [1.54, 1.807) is 30.4 Å². The minimum absolute atomic E-state index is 0.0152. The summed E-state index contributed by atoms with van der Waals surface area (Å²) in [6, 6.07) is 9.52. The van der Waals surface area contributed by atoms with Gasteiger partial charge in [-0.2, -0.15) is 0 Å². The molecule has 0 aliphatic carbocycles. The Hall–Kier alpha value is -2.54. The maximum Gasteiger partial charge on any atom is 0.191 e. The third-order valence-corrected chi connectivity index (χ3v) is 5.26. The third-order valence-electron chi connectivity index (χ3n) is 4.06. The predicted octanol–water partition coefficient (Wildman–Crippen LogP) is 3.45. The second-order valence-corrected chi connectivity index (χ2v) is 7.34. The Morgan fingerprint density at radius 3 is 2.85 bits per heavy atom. The van der Waals surface area contributed by atoms with Gasteiger partial charge in [0.25, 0.3) is 0 Å². The molecular weight excluding hydrogens is 346 g/mol. The highest BCUT2D eigenvalue weighted by atomic mass is 32.2. The zero-order valence-corrected chi connectivity index (χ0v) is 15.9. The van der Waals surface area contributed by atoms with Crippen LogP contribution in [0.15, 0.2) is 48.0 Å². The quantitative estimate of drug-likeness (QED) is 0.470. The second kappa shape index (κ2) is 8.23. The Bertz CT molecular complexity index is 908. The van der Waals surface area contributed by atoms with Gasteiger partial charge in [-0.15, -0.1) is 10.2 Å². The highest BCUT2D eigenvalue weighted by molar-refractivity contribution is 7.99. The summed E-state index contributed by atoms with van der Waals surface area (Å²) in [6.07, 6.45) is 4.49. The van der Waals surface area contributed by atoms with E-state index in [1.165, 1.54) is 0 Å². The number of aryl methyl sites for hydroxylation is 2. The van der Waals surface area contributed by atoms with E-state index in [2.05, 4.69) is 27.1 Å². The Morgan fingerprint density at radius 1 is 1.27 bits per heavy atom. The van der Waals surface area contributed by atoms with Crippen LogP contribution < -0.4 is 0 Å². The summed E-state index contributed by atoms with van der Waals surface area (Å²) in [5.74, 6) is -0.0152. The summed E-state index contributed by atoms with van der Waals surface area (Å²) in [6.45, 7) is 4.13. The highest BCUT2D eigenvalue weighted by Crippen LogP contribution is 2.33. The van der Waals surface area contributed by atoms with Crippen LogP contribution in [-0.4, -0.2) is 30.5 Å². The first-order chi connectivity index (χ1) is 12.6. The average Bonchev–Trinajstić information content (AvgIpc) is 3.06. The number of ketones is 1. The Balaban J connectivity index is 1.72. The number of thioether (sulfide) groups is 1. The van der Waals surface area contributed by atoms with Gasteiger partial charge >= 0.3 is 0 Å². The minimum Gasteiger partial charge on any atom is -0.312 e. The van der Waals surface area contributed by atoms with Crippen LogP contribution in [0, 0.1) is 0 Å². The predicted molar refractivity (Wildman–Crippen MR) is 101 cm³/mol. The Kier molecular flexibility index (Phi) is 5.78. The average molecular weight is 367 g/mol. The van der Waals surface area contributed by atoms with Crippen molar-refractivity contribution >= 4 is 17.5 Å². The molecule has 0 aromatic carbocycles. The number of aromatic nitrogens is 5. The van der Waals surface area contributed by atoms with Crippen LogP contribution in [0.1, 0.15) is 46.5 Å². The number of pyridine rings is 2. The van der Waals surface area contributed by atoms with Crippen molar-refractivity contribution in [2.24, 2.45) is 7.05 Å². The van der Waals surface area contributed by atoms with Gasteiger partial charge in [0.15, 0.2) is 10.9 Å². The van der Waals surface area contributed by atoms with Crippen molar-refractivity contribution in [3.05, 3.63) is 65.5 Å². The standard InChI is InChI=1S/C19H21N5OS/c1-4-15-6-5-7-17(22-15)18(25)11-16-10-14(8-9-20-16)13(2)26-19-23-21-12-24(19)3/h5-10,12-13H,4,11H2,1-3H3/t13-/m0/s1. The molecule has 0 radical (unpaired) electrons. The van der Waals surface area contributed by atoms with Crippen molar-refractivity contribution < 1.29 is 4.79 Å². The Morgan fingerprint density at radius 2 is 2.12 bits per heavy atom. The van der Waals surface area contributed by atoms with E-state index in [-0.39, 0.29) is 17.5 Å². The summed E-state index contributed by atoms with van der Waals surface area (Å²) in [4.78, 5) is 21.3. The van der Waals surface area contributed by atoms with Crippen molar-refractivity contribution in [1.29, 1.82) is 0 Å². The number of nitrogens with zero attached hydrogens (tertiary/aromatic N) is 5. The van der Waals surface area contributed by atoms with Gasteiger partial charge in [-0.1, -0.05) is 24.8 Å². The monoisotopic (exact) mass is 367 g/mol. The molecular formula is C19H21N5OS. The molecule has 0 aliphatic heterocycles. The lowest BCUT2D eigenvalue weighted by Gasteiger charge is -2.11. The molecule has 0 amide bonds. The molecule has 3 aromatic heterocycles. The SMILES string of the molecule is CCc1cccc(C(=O)Cc2cc([C@H](C)Sc3nncn3C)ccn2)n1. The summed E-state index contributed by atoms with van der Waals surface area (Å²) in [5.41, 5.74) is 3.28. The number of hydrogen-bond acceptors (Lipinski definition) is 6. The molecule has 0 spiro atoms. The first kappa shape index (κ1) is 18.3. The van der Waals surface area contributed by atoms with Gasteiger partial charge in [0.1, 0.15) is 12.0 Å². The second-order valence-electron chi connectivity index (χ2n) is 6.03. The molecule has 3 aromatic rings. The number of Topliss-reactive ketones (excluding diaryl/α,β-unsaturated/α-hetero) is 1. The van der Waals surface area contributed by atoms with Gasteiger partial charge in [0, 0.05) is 29.9 Å². The largest absolute Gasteiger partial charge is 0.312 e. The van der Waals surface area contributed by atoms with Crippen LogP contribution in [0.25, 0.3) is 0 Å². The van der Waals surface area contributed by atoms with Crippen molar-refractivity contribution in [1.82, 2.24) is 24.7 Å². The van der Waals surface area contributed by atoms with Gasteiger partial charge in [-0.3, -0.25) is 9.78 Å². The fourth-order valence-corrected chi connectivity index (χ4v) is 3.45. The van der Waals surface area contributed by atoms with E-state index in [0.717, 1.165) is 28.5 Å². The van der Waals surface area contributed by atoms with Crippen LogP contribution in [0.2, 0.25) is 0 Å². The van der Waals surface area contributed by atoms with E-state index in [0.29, 0.717) is 5.69 Å². The molecule has 0 saturated carbocycles. The molecule has 7 heteroatoms. The van der Waals surface area contributed by atoms with Crippen LogP contribution in [-0.2, 0) is 19.9 Å². The van der Waals surface area contributed by atoms with Gasteiger partial charge in [0.2, 0.25) is 0 Å². The summed E-state index contributed by atoms with van der Waals surface area (Å²) >= 11 is 1.62. The molecule has 1 atom stereocenters. The first-order valence-electron chi connectivity index (χ1n) is 8.51. The van der Waals surface area contributed by atoms with E-state index in [1.807, 2.05) is 42.8 Å². The minimum atomic E-state index is -0.0152. The van der Waals surface area contributed by atoms with Gasteiger partial charge < -0.3 is 4.57 Å². The van der Waals surface area contributed by atoms with Crippen LogP contribution in [0.4, 0.5) is 0 Å². The lowest BCUT2D eigenvalue weighted by atomic mass is 10.1. The first-order valence-corrected chi connectivity index (χ1v) is 9.39. The zero-order chi connectivity index (χ0) is 18.5. The van der Waals surface area contributed by atoms with Gasteiger partial charge in [0.05, 0.1) is 6.42 Å². The molecule has 0 fully saturated rings. The van der Waals surface area contributed by atoms with E-state index < -0.39 is 0 Å². The summed E-state index contributed by atoms with van der Waals surface area (Å²) < 4.78 is 1.89. The molecule has 0 saturated heterocycles. The molecule has 134 valence electrons. The van der Waals surface area contributed by atoms with Crippen molar-refractivity contribution in [2.45, 2.75) is 37.1 Å². The Labute approximate surface area is 157 Å². The summed E-state index contributed by atoms with van der Waals surface area (Å²) in [5, 5.41) is 9.04. The van der Waals surface area contributed by atoms with Crippen molar-refractivity contribution in [3.63, 3.8) is 0 Å². The van der Waals surface area contributed by atoms with E-state index in [9.17, 15) is 4.79 Å². The zero-order valence-electron chi connectivity index (χ0n) is 15.1. The maximum absolute atomic E-state index is 12.5. The number of carbonyl (C=O) groups excluding carboxylic acids is 1. The maximum atomic E-state index is 12.5. The lowest BCUT2D eigenvalue weighted by Crippen LogP contribution is -2.09. The normalized spacial score (nSPS) is 12.1. The number of hydrogen-bond donors (Lipinski definition) is 0. The van der Waals surface area contributed by atoms with Gasteiger partial charge in [-0.25, -0.2) is 4.98 Å². The molecule has 6 nitrogen and oxygen atoms in total.